The quantitative estimate of drug-likeness (QED) is 0.0899. The van der Waals surface area contributed by atoms with Crippen LogP contribution in [-0.2, 0) is 0 Å². The second-order valence-corrected chi connectivity index (χ2v) is 14.5. The highest BCUT2D eigenvalue weighted by Crippen LogP contribution is 2.56. The van der Waals surface area contributed by atoms with E-state index in [4.69, 9.17) is 0 Å². The minimum absolute atomic E-state index is 0. The molecular weight excluding hydrogens is 543 g/mol. The topological polar surface area (TPSA) is 0 Å². The summed E-state index contributed by atoms with van der Waals surface area (Å²) in [5.74, 6) is 0. The summed E-state index contributed by atoms with van der Waals surface area (Å²) < 4.78 is 0. The number of benzene rings is 3. The number of hydrogen-bond donors (Lipinski definition) is 0. The minimum Gasteiger partial charge on any atom is -0.114 e. The van der Waals surface area contributed by atoms with Crippen LogP contribution >= 0.6 is 24.2 Å². The van der Waals surface area contributed by atoms with Gasteiger partial charge < -0.3 is 0 Å². The average molecular weight is 597 g/mol. The van der Waals surface area contributed by atoms with Gasteiger partial charge in [0.2, 0.25) is 0 Å². The maximum Gasteiger partial charge on any atom is 0.112 e. The van der Waals surface area contributed by atoms with E-state index in [1.807, 2.05) is 0 Å². The molecule has 0 heterocycles. The van der Waals surface area contributed by atoms with Gasteiger partial charge >= 0.3 is 0 Å². The van der Waals surface area contributed by atoms with Crippen molar-refractivity contribution in [3.63, 3.8) is 0 Å². The third-order valence-corrected chi connectivity index (χ3v) is 12.5. The lowest BCUT2D eigenvalue weighted by Gasteiger charge is -2.27. The molecule has 0 bridgehead atoms. The van der Waals surface area contributed by atoms with Crippen LogP contribution in [0.5, 0.6) is 0 Å². The molecule has 3 aromatic rings. The van der Waals surface area contributed by atoms with E-state index in [1.54, 1.807) is 0 Å². The summed E-state index contributed by atoms with van der Waals surface area (Å²) in [6, 6.07) is 34.1. The Morgan fingerprint density at radius 1 is 0.368 bits per heavy atom. The van der Waals surface area contributed by atoms with Gasteiger partial charge in [-0.25, -0.2) is 0 Å². The van der Waals surface area contributed by atoms with Crippen molar-refractivity contribution >= 4 is 40.2 Å². The van der Waals surface area contributed by atoms with Crippen molar-refractivity contribution in [2.24, 2.45) is 0 Å². The van der Waals surface area contributed by atoms with Gasteiger partial charge in [0.25, 0.3) is 0 Å². The molecule has 2 heteroatoms. The predicted molar refractivity (Wildman–Crippen MR) is 180 cm³/mol. The Hall–Kier alpha value is -1.43. The Morgan fingerprint density at radius 3 is 0.921 bits per heavy atom. The summed E-state index contributed by atoms with van der Waals surface area (Å²) in [5.41, 5.74) is 0. The van der Waals surface area contributed by atoms with E-state index in [2.05, 4.69) is 97.9 Å². The minimum atomic E-state index is -1.64. The highest BCUT2D eigenvalue weighted by molar-refractivity contribution is 8.93. The summed E-state index contributed by atoms with van der Waals surface area (Å²) in [4.78, 5) is 0. The van der Waals surface area contributed by atoms with Gasteiger partial charge in [-0.1, -0.05) is 151 Å². The zero-order valence-corrected chi connectivity index (χ0v) is 26.6. The van der Waals surface area contributed by atoms with Crippen LogP contribution in [-0.4, -0.2) is 6.16 Å². The summed E-state index contributed by atoms with van der Waals surface area (Å²) in [6.45, 7) is 2.30. The van der Waals surface area contributed by atoms with E-state index in [0.717, 1.165) is 0 Å². The number of hydrogen-bond acceptors (Lipinski definition) is 0. The van der Waals surface area contributed by atoms with Gasteiger partial charge in [0.05, 0.1) is 6.16 Å². The predicted octanol–water partition coefficient (Wildman–Crippen LogP) is 10.8. The molecule has 0 saturated heterocycles. The van der Waals surface area contributed by atoms with E-state index in [-0.39, 0.29) is 17.0 Å². The molecule has 0 nitrogen and oxygen atoms in total. The first-order valence-electron chi connectivity index (χ1n) is 15.4. The van der Waals surface area contributed by atoms with Crippen LogP contribution in [0.15, 0.2) is 91.0 Å². The third kappa shape index (κ3) is 11.0. The van der Waals surface area contributed by atoms with Crippen molar-refractivity contribution < 1.29 is 0 Å². The molecule has 0 unspecified atom stereocenters. The number of rotatable bonds is 20. The first-order valence-corrected chi connectivity index (χ1v) is 17.4. The van der Waals surface area contributed by atoms with E-state index >= 15 is 0 Å². The molecule has 0 aliphatic heterocycles. The fourth-order valence-corrected chi connectivity index (χ4v) is 10.2. The fourth-order valence-electron chi connectivity index (χ4n) is 5.78. The second-order valence-electron chi connectivity index (χ2n) is 10.8. The smallest absolute Gasteiger partial charge is 0.112 e. The molecule has 0 atom stereocenters. The van der Waals surface area contributed by atoms with E-state index in [9.17, 15) is 0 Å². The third-order valence-electron chi connectivity index (χ3n) is 7.94. The normalized spacial score (nSPS) is 11.3. The summed E-state index contributed by atoms with van der Waals surface area (Å²) in [6.07, 6.45) is 24.0. The van der Waals surface area contributed by atoms with E-state index in [1.165, 1.54) is 125 Å². The van der Waals surface area contributed by atoms with Gasteiger partial charge in [-0.05, 0) is 49.2 Å². The molecule has 3 aromatic carbocycles. The molecule has 0 saturated carbocycles. The highest BCUT2D eigenvalue weighted by Gasteiger charge is 2.44. The van der Waals surface area contributed by atoms with Gasteiger partial charge in [0.15, 0.2) is 0 Å². The van der Waals surface area contributed by atoms with Crippen molar-refractivity contribution in [3.05, 3.63) is 91.0 Å². The number of halogens is 1. The largest absolute Gasteiger partial charge is 0.114 e. The van der Waals surface area contributed by atoms with Gasteiger partial charge in [-0.2, -0.15) is 0 Å². The van der Waals surface area contributed by atoms with Crippen molar-refractivity contribution in [3.8, 4) is 0 Å². The van der Waals surface area contributed by atoms with Gasteiger partial charge in [0.1, 0.15) is 23.2 Å². The molecule has 0 spiro atoms. The maximum absolute atomic E-state index is 2.38. The molecule has 0 aromatic heterocycles. The Morgan fingerprint density at radius 2 is 0.632 bits per heavy atom. The molecule has 0 aliphatic rings. The Kier molecular flexibility index (Phi) is 17.7. The molecule has 0 radical (unpaired) electrons. The van der Waals surface area contributed by atoms with Crippen LogP contribution in [0.1, 0.15) is 110 Å². The molecule has 38 heavy (non-hydrogen) atoms. The lowest BCUT2D eigenvalue weighted by molar-refractivity contribution is 0.531. The molecule has 0 amide bonds. The van der Waals surface area contributed by atoms with E-state index in [0.29, 0.717) is 0 Å². The molecule has 3 rings (SSSR count). The van der Waals surface area contributed by atoms with E-state index < -0.39 is 7.26 Å². The van der Waals surface area contributed by atoms with Crippen molar-refractivity contribution in [1.29, 1.82) is 0 Å². The Labute approximate surface area is 246 Å². The van der Waals surface area contributed by atoms with Crippen molar-refractivity contribution in [2.75, 3.05) is 6.16 Å². The van der Waals surface area contributed by atoms with Crippen LogP contribution in [0.4, 0.5) is 0 Å². The highest BCUT2D eigenvalue weighted by atomic mass is 79.9. The monoisotopic (exact) mass is 595 g/mol. The lowest BCUT2D eigenvalue weighted by Crippen LogP contribution is -2.33. The summed E-state index contributed by atoms with van der Waals surface area (Å²) in [7, 11) is -1.64. The van der Waals surface area contributed by atoms with Crippen LogP contribution in [0.2, 0.25) is 0 Å². The summed E-state index contributed by atoms with van der Waals surface area (Å²) >= 11 is 0. The second kappa shape index (κ2) is 20.5. The summed E-state index contributed by atoms with van der Waals surface area (Å²) in [5, 5.41) is 4.56. The zero-order chi connectivity index (χ0) is 25.9. The van der Waals surface area contributed by atoms with Gasteiger partial charge in [0, 0.05) is 0 Å². The van der Waals surface area contributed by atoms with Gasteiger partial charge in [-0.15, -0.1) is 17.0 Å². The molecule has 0 aliphatic carbocycles. The molecule has 0 N–H and O–H groups in total. The SMILES string of the molecule is Br.CCCCCCCCCCCCCCCCCC[P+](c1ccccc1)(c1ccccc1)c1ccccc1. The Balaban J connectivity index is 0.00000507. The van der Waals surface area contributed by atoms with Crippen molar-refractivity contribution in [1.82, 2.24) is 0 Å². The van der Waals surface area contributed by atoms with Crippen LogP contribution in [0, 0.1) is 0 Å². The Bertz CT molecular complexity index is 829. The zero-order valence-electron chi connectivity index (χ0n) is 24.0. The first-order chi connectivity index (χ1) is 18.4. The molecule has 208 valence electrons. The van der Waals surface area contributed by atoms with Crippen LogP contribution in [0.3, 0.4) is 0 Å². The van der Waals surface area contributed by atoms with Crippen LogP contribution < -0.4 is 15.9 Å². The van der Waals surface area contributed by atoms with Crippen molar-refractivity contribution in [2.45, 2.75) is 110 Å². The lowest BCUT2D eigenvalue weighted by atomic mass is 10.0. The molecular formula is C36H53BrP+. The standard InChI is InChI=1S/C36H52P.BrH/c1-2-3-4-5-6-7-8-9-10-11-12-13-14-15-16-26-33-37(34-27-20-17-21-28-34,35-29-22-18-23-30-35)36-31-24-19-25-32-36;/h17-25,27-32H,2-16,26,33H2,1H3;1H/q+1;. The average Bonchev–Trinajstić information content (AvgIpc) is 2.96. The van der Waals surface area contributed by atoms with Crippen LogP contribution in [0.25, 0.3) is 0 Å². The maximum atomic E-state index is 2.38. The first kappa shape index (κ1) is 32.8. The van der Waals surface area contributed by atoms with Gasteiger partial charge in [-0.3, -0.25) is 0 Å². The molecule has 0 fully saturated rings. The number of unbranched alkanes of at least 4 members (excludes halogenated alkanes) is 15. The fraction of sp³-hybridized carbons (Fsp3) is 0.500.